The van der Waals surface area contributed by atoms with Gasteiger partial charge in [0.2, 0.25) is 5.95 Å². The van der Waals surface area contributed by atoms with E-state index in [0.29, 0.717) is 35.7 Å². The topological polar surface area (TPSA) is 117 Å². The van der Waals surface area contributed by atoms with Gasteiger partial charge in [0.05, 0.1) is 12.2 Å². The van der Waals surface area contributed by atoms with Gasteiger partial charge in [-0.2, -0.15) is 10.1 Å². The van der Waals surface area contributed by atoms with Crippen LogP contribution in [0.2, 0.25) is 0 Å². The molecule has 3 N–H and O–H groups in total. The van der Waals surface area contributed by atoms with Gasteiger partial charge in [-0.25, -0.2) is 4.98 Å². The van der Waals surface area contributed by atoms with Crippen LogP contribution >= 0.6 is 0 Å². The van der Waals surface area contributed by atoms with Gasteiger partial charge in [-0.15, -0.1) is 0 Å². The molecule has 29 heavy (non-hydrogen) atoms. The Hall–Kier alpha value is -3.75. The lowest BCUT2D eigenvalue weighted by Crippen LogP contribution is -2.06. The lowest BCUT2D eigenvalue weighted by molar-refractivity contribution is 0.389. The Morgan fingerprint density at radius 2 is 2.03 bits per heavy atom. The van der Waals surface area contributed by atoms with Crippen molar-refractivity contribution in [3.8, 4) is 11.4 Å². The van der Waals surface area contributed by atoms with E-state index in [1.807, 2.05) is 43.3 Å². The first-order valence-corrected chi connectivity index (χ1v) is 9.52. The van der Waals surface area contributed by atoms with E-state index in [4.69, 9.17) is 4.52 Å². The lowest BCUT2D eigenvalue weighted by Gasteiger charge is -2.07. The predicted octanol–water partition coefficient (Wildman–Crippen LogP) is 3.79. The fourth-order valence-electron chi connectivity index (χ4n) is 3.04. The van der Waals surface area contributed by atoms with Crippen molar-refractivity contribution in [3.05, 3.63) is 59.7 Å². The number of anilines is 3. The monoisotopic (exact) mass is 388 g/mol. The Kier molecular flexibility index (Phi) is 4.39. The van der Waals surface area contributed by atoms with Gasteiger partial charge in [-0.3, -0.25) is 10.1 Å². The number of nitrogens with zero attached hydrogens (tertiary/aromatic N) is 5. The molecule has 1 fully saturated rings. The number of nitrogens with one attached hydrogen (secondary N) is 3. The van der Waals surface area contributed by atoms with Crippen LogP contribution in [0.3, 0.4) is 0 Å². The van der Waals surface area contributed by atoms with Gasteiger partial charge in [0.25, 0.3) is 0 Å². The third-order valence-corrected chi connectivity index (χ3v) is 4.63. The molecule has 0 bridgehead atoms. The number of pyridine rings is 1. The zero-order valence-electron chi connectivity index (χ0n) is 15.9. The first kappa shape index (κ1) is 17.4. The molecule has 0 aliphatic heterocycles. The zero-order chi connectivity index (χ0) is 19.6. The van der Waals surface area contributed by atoms with Crippen molar-refractivity contribution in [2.45, 2.75) is 32.2 Å². The Balaban J connectivity index is 1.26. The Morgan fingerprint density at radius 3 is 2.86 bits per heavy atom. The fraction of sp³-hybridized carbons (Fsp3) is 0.250. The quantitative estimate of drug-likeness (QED) is 0.438. The second kappa shape index (κ2) is 7.34. The van der Waals surface area contributed by atoms with E-state index in [0.717, 1.165) is 17.2 Å². The number of aromatic nitrogens is 6. The van der Waals surface area contributed by atoms with Gasteiger partial charge in [-0.1, -0.05) is 11.2 Å². The molecular formula is C20H20N8O. The van der Waals surface area contributed by atoms with E-state index in [1.165, 1.54) is 18.5 Å². The fourth-order valence-corrected chi connectivity index (χ4v) is 3.04. The normalized spacial score (nSPS) is 13.4. The molecule has 9 heteroatoms. The maximum absolute atomic E-state index is 5.39. The number of rotatable bonds is 7. The third-order valence-electron chi connectivity index (χ3n) is 4.63. The molecule has 5 rings (SSSR count). The van der Waals surface area contributed by atoms with Crippen LogP contribution in [0, 0.1) is 6.92 Å². The molecule has 1 aliphatic rings. The summed E-state index contributed by atoms with van der Waals surface area (Å²) in [5, 5.41) is 17.9. The minimum atomic E-state index is 0.414. The zero-order valence-corrected chi connectivity index (χ0v) is 15.9. The molecule has 0 saturated heterocycles. The largest absolute Gasteiger partial charge is 0.359 e. The molecular weight excluding hydrogens is 368 g/mol. The second-order valence-corrected chi connectivity index (χ2v) is 7.07. The van der Waals surface area contributed by atoms with Crippen LogP contribution in [-0.2, 0) is 6.54 Å². The Morgan fingerprint density at radius 1 is 1.10 bits per heavy atom. The molecule has 0 amide bonds. The number of hydrogen-bond donors (Lipinski definition) is 3. The summed E-state index contributed by atoms with van der Waals surface area (Å²) in [5.41, 5.74) is 3.48. The summed E-state index contributed by atoms with van der Waals surface area (Å²) in [6.07, 6.45) is 4.18. The molecule has 1 saturated carbocycles. The number of aromatic amines is 1. The first-order chi connectivity index (χ1) is 14.2. The standard InChI is InChI=1S/C20H20N8O/c1-12-8-18(24-19-10-16(26-27-19)13-5-6-13)25-20(23-12)22-11-14-9-17(28-29-14)15-4-2-3-7-21-15/h2-4,7-10,13H,5-6,11H2,1H3,(H3,22,23,24,25,26,27). The Labute approximate surface area is 167 Å². The van der Waals surface area contributed by atoms with Crippen LogP contribution in [0.25, 0.3) is 11.4 Å². The van der Waals surface area contributed by atoms with Crippen LogP contribution in [0.15, 0.2) is 47.1 Å². The van der Waals surface area contributed by atoms with Crippen LogP contribution < -0.4 is 10.6 Å². The van der Waals surface area contributed by atoms with Crippen molar-refractivity contribution in [1.82, 2.24) is 30.3 Å². The van der Waals surface area contributed by atoms with Gasteiger partial charge in [0.15, 0.2) is 11.6 Å². The highest BCUT2D eigenvalue weighted by molar-refractivity contribution is 5.55. The first-order valence-electron chi connectivity index (χ1n) is 9.52. The van der Waals surface area contributed by atoms with Crippen molar-refractivity contribution in [2.24, 2.45) is 0 Å². The highest BCUT2D eigenvalue weighted by Crippen LogP contribution is 2.39. The van der Waals surface area contributed by atoms with Crippen molar-refractivity contribution in [1.29, 1.82) is 0 Å². The van der Waals surface area contributed by atoms with E-state index >= 15 is 0 Å². The predicted molar refractivity (Wildman–Crippen MR) is 108 cm³/mol. The summed E-state index contributed by atoms with van der Waals surface area (Å²) in [4.78, 5) is 13.2. The maximum Gasteiger partial charge on any atom is 0.225 e. The minimum Gasteiger partial charge on any atom is -0.359 e. The van der Waals surface area contributed by atoms with Gasteiger partial charge in [0, 0.05) is 41.7 Å². The van der Waals surface area contributed by atoms with Crippen molar-refractivity contribution < 1.29 is 4.52 Å². The van der Waals surface area contributed by atoms with Gasteiger partial charge in [-0.05, 0) is 31.9 Å². The van der Waals surface area contributed by atoms with Gasteiger partial charge >= 0.3 is 0 Å². The van der Waals surface area contributed by atoms with Crippen molar-refractivity contribution >= 4 is 17.6 Å². The van der Waals surface area contributed by atoms with Crippen LogP contribution in [0.4, 0.5) is 17.6 Å². The second-order valence-electron chi connectivity index (χ2n) is 7.07. The highest BCUT2D eigenvalue weighted by atomic mass is 16.5. The Bertz CT molecular complexity index is 1120. The molecule has 146 valence electrons. The SMILES string of the molecule is Cc1cc(Nc2cc(C3CC3)[nH]n2)nc(NCc2cc(-c3ccccn3)no2)n1. The molecule has 4 heterocycles. The molecule has 0 aromatic carbocycles. The van der Waals surface area contributed by atoms with Crippen LogP contribution in [0.1, 0.15) is 35.9 Å². The van der Waals surface area contributed by atoms with E-state index in [-0.39, 0.29) is 0 Å². The van der Waals surface area contributed by atoms with E-state index in [9.17, 15) is 0 Å². The average molecular weight is 388 g/mol. The smallest absolute Gasteiger partial charge is 0.225 e. The summed E-state index contributed by atoms with van der Waals surface area (Å²) < 4.78 is 5.39. The molecule has 4 aromatic heterocycles. The molecule has 4 aromatic rings. The molecule has 9 nitrogen and oxygen atoms in total. The highest BCUT2D eigenvalue weighted by Gasteiger charge is 2.25. The molecule has 1 aliphatic carbocycles. The third kappa shape index (κ3) is 4.08. The molecule has 0 spiro atoms. The number of aryl methyl sites for hydroxylation is 1. The summed E-state index contributed by atoms with van der Waals surface area (Å²) in [7, 11) is 0. The summed E-state index contributed by atoms with van der Waals surface area (Å²) in [6, 6.07) is 11.4. The molecule has 0 atom stereocenters. The van der Waals surface area contributed by atoms with E-state index in [2.05, 4.69) is 40.9 Å². The van der Waals surface area contributed by atoms with Crippen molar-refractivity contribution in [2.75, 3.05) is 10.6 Å². The average Bonchev–Trinajstić information content (AvgIpc) is 3.29. The van der Waals surface area contributed by atoms with E-state index in [1.54, 1.807) is 6.20 Å². The number of hydrogen-bond acceptors (Lipinski definition) is 8. The number of H-pyrrole nitrogens is 1. The minimum absolute atomic E-state index is 0.414. The van der Waals surface area contributed by atoms with Crippen LogP contribution in [0.5, 0.6) is 0 Å². The van der Waals surface area contributed by atoms with Crippen molar-refractivity contribution in [3.63, 3.8) is 0 Å². The van der Waals surface area contributed by atoms with Gasteiger partial charge in [0.1, 0.15) is 11.5 Å². The van der Waals surface area contributed by atoms with E-state index < -0.39 is 0 Å². The molecule has 0 unspecified atom stereocenters. The summed E-state index contributed by atoms with van der Waals surface area (Å²) in [5.74, 6) is 3.24. The maximum atomic E-state index is 5.39. The van der Waals surface area contributed by atoms with Crippen LogP contribution in [-0.4, -0.2) is 30.3 Å². The summed E-state index contributed by atoms with van der Waals surface area (Å²) in [6.45, 7) is 2.34. The lowest BCUT2D eigenvalue weighted by atomic mass is 10.2. The summed E-state index contributed by atoms with van der Waals surface area (Å²) >= 11 is 0. The van der Waals surface area contributed by atoms with Gasteiger partial charge < -0.3 is 15.2 Å². The molecule has 0 radical (unpaired) electrons.